The Hall–Kier alpha value is -3.18. The number of hydrogen-bond donors (Lipinski definition) is 1. The summed E-state index contributed by atoms with van der Waals surface area (Å²) < 4.78 is 2.26. The number of thiophene rings is 1. The summed E-state index contributed by atoms with van der Waals surface area (Å²) in [6.07, 6.45) is 8.60. The van der Waals surface area contributed by atoms with E-state index in [9.17, 15) is 4.79 Å². The van der Waals surface area contributed by atoms with Crippen molar-refractivity contribution in [3.8, 4) is 0 Å². The molecule has 1 fully saturated rings. The zero-order chi connectivity index (χ0) is 21.0. The van der Waals surface area contributed by atoms with Gasteiger partial charge in [0, 0.05) is 41.5 Å². The summed E-state index contributed by atoms with van der Waals surface area (Å²) in [7, 11) is 0. The lowest BCUT2D eigenvalue weighted by molar-refractivity contribution is 0.0939. The number of fused-ring (bicyclic) bond motifs is 1. The molecular weight excluding hydrogens is 402 g/mol. The summed E-state index contributed by atoms with van der Waals surface area (Å²) in [4.78, 5) is 17.5. The smallest absolute Gasteiger partial charge is 0.254 e. The Balaban J connectivity index is 1.41. The number of nitrogens with one attached hydrogen (secondary N) is 1. The van der Waals surface area contributed by atoms with Gasteiger partial charge in [-0.15, -0.1) is 11.3 Å². The van der Waals surface area contributed by atoms with Crippen LogP contribution in [0.5, 0.6) is 0 Å². The first-order valence-electron chi connectivity index (χ1n) is 10.8. The summed E-state index contributed by atoms with van der Waals surface area (Å²) in [6.45, 7) is 0.809. The molecule has 1 saturated carbocycles. The van der Waals surface area contributed by atoms with E-state index in [-0.39, 0.29) is 5.91 Å². The number of carbonyl (C=O) groups is 1. The monoisotopic (exact) mass is 427 g/mol. The second-order valence-corrected chi connectivity index (χ2v) is 8.96. The van der Waals surface area contributed by atoms with Crippen LogP contribution in [0.3, 0.4) is 0 Å². The SMILES string of the molecule is O=C(NC1CCCC1)c1ccsc1N=Cc1cn(Cc2ccccc2)c2ccccc12. The number of hydrogen-bond acceptors (Lipinski definition) is 3. The second-order valence-electron chi connectivity index (χ2n) is 8.07. The molecule has 31 heavy (non-hydrogen) atoms. The maximum absolute atomic E-state index is 12.7. The van der Waals surface area contributed by atoms with Crippen molar-refractivity contribution in [2.24, 2.45) is 4.99 Å². The zero-order valence-corrected chi connectivity index (χ0v) is 18.1. The fourth-order valence-corrected chi connectivity index (χ4v) is 5.06. The molecule has 0 atom stereocenters. The average Bonchev–Trinajstić information content (AvgIpc) is 3.54. The molecule has 1 aliphatic rings. The molecular formula is C26H25N3OS. The quantitative estimate of drug-likeness (QED) is 0.367. The molecule has 2 heterocycles. The zero-order valence-electron chi connectivity index (χ0n) is 17.3. The Morgan fingerprint density at radius 3 is 2.68 bits per heavy atom. The predicted molar refractivity (Wildman–Crippen MR) is 129 cm³/mol. The number of benzene rings is 2. The Bertz CT molecular complexity index is 1220. The van der Waals surface area contributed by atoms with E-state index in [0.717, 1.165) is 35.3 Å². The van der Waals surface area contributed by atoms with E-state index in [4.69, 9.17) is 4.99 Å². The minimum Gasteiger partial charge on any atom is -0.349 e. The molecule has 2 aromatic heterocycles. The molecule has 1 amide bonds. The van der Waals surface area contributed by atoms with Crippen molar-refractivity contribution in [1.82, 2.24) is 9.88 Å². The molecule has 156 valence electrons. The standard InChI is InChI=1S/C26H25N3OS/c30-25(28-21-10-4-5-11-21)23-14-15-31-26(23)27-16-20-18-29(17-19-8-2-1-3-9-19)24-13-7-6-12-22(20)24/h1-3,6-9,12-16,18,21H,4-5,10-11,17H2,(H,28,30). The van der Waals surface area contributed by atoms with Crippen LogP contribution >= 0.6 is 11.3 Å². The molecule has 0 radical (unpaired) electrons. The first-order chi connectivity index (χ1) is 15.3. The number of nitrogens with zero attached hydrogens (tertiary/aromatic N) is 2. The van der Waals surface area contributed by atoms with Crippen LogP contribution in [0.25, 0.3) is 10.9 Å². The predicted octanol–water partition coefficient (Wildman–Crippen LogP) is 6.17. The molecule has 0 bridgehead atoms. The fourth-order valence-electron chi connectivity index (χ4n) is 4.32. The summed E-state index contributed by atoms with van der Waals surface area (Å²) in [5.74, 6) is -0.00759. The van der Waals surface area contributed by atoms with Crippen LogP contribution in [0.4, 0.5) is 5.00 Å². The lowest BCUT2D eigenvalue weighted by atomic mass is 10.2. The van der Waals surface area contributed by atoms with Gasteiger partial charge in [-0.1, -0.05) is 61.4 Å². The highest BCUT2D eigenvalue weighted by Crippen LogP contribution is 2.28. The van der Waals surface area contributed by atoms with Crippen molar-refractivity contribution < 1.29 is 4.79 Å². The molecule has 5 rings (SSSR count). The third-order valence-electron chi connectivity index (χ3n) is 5.92. The summed E-state index contributed by atoms with van der Waals surface area (Å²) in [6, 6.07) is 21.0. The summed E-state index contributed by atoms with van der Waals surface area (Å²) in [5, 5.41) is 7.03. The fraction of sp³-hybridized carbons (Fsp3) is 0.231. The first-order valence-corrected chi connectivity index (χ1v) is 11.7. The lowest BCUT2D eigenvalue weighted by Gasteiger charge is -2.11. The van der Waals surface area contributed by atoms with Crippen LogP contribution < -0.4 is 5.32 Å². The first kappa shape index (κ1) is 19.8. The average molecular weight is 428 g/mol. The van der Waals surface area contributed by atoms with E-state index in [1.165, 1.54) is 35.3 Å². The van der Waals surface area contributed by atoms with Crippen LogP contribution in [0.1, 0.15) is 47.2 Å². The summed E-state index contributed by atoms with van der Waals surface area (Å²) in [5.41, 5.74) is 4.16. The number of para-hydroxylation sites is 1. The summed E-state index contributed by atoms with van der Waals surface area (Å²) >= 11 is 1.50. The van der Waals surface area contributed by atoms with Gasteiger partial charge < -0.3 is 9.88 Å². The van der Waals surface area contributed by atoms with Gasteiger partial charge in [0.15, 0.2) is 0 Å². The van der Waals surface area contributed by atoms with Crippen molar-refractivity contribution in [1.29, 1.82) is 0 Å². The van der Waals surface area contributed by atoms with Crippen LogP contribution in [-0.4, -0.2) is 22.7 Å². The molecule has 0 unspecified atom stereocenters. The number of aromatic nitrogens is 1. The molecule has 0 spiro atoms. The maximum Gasteiger partial charge on any atom is 0.254 e. The van der Waals surface area contributed by atoms with Gasteiger partial charge in [-0.05, 0) is 35.9 Å². The molecule has 1 aliphatic carbocycles. The molecule has 5 heteroatoms. The lowest BCUT2D eigenvalue weighted by Crippen LogP contribution is -2.32. The van der Waals surface area contributed by atoms with Crippen LogP contribution in [-0.2, 0) is 6.54 Å². The highest BCUT2D eigenvalue weighted by Gasteiger charge is 2.20. The van der Waals surface area contributed by atoms with Gasteiger partial charge in [0.25, 0.3) is 5.91 Å². The van der Waals surface area contributed by atoms with E-state index in [1.54, 1.807) is 0 Å². The van der Waals surface area contributed by atoms with Crippen LogP contribution in [0.15, 0.2) is 77.2 Å². The Kier molecular flexibility index (Phi) is 5.67. The Morgan fingerprint density at radius 1 is 1.06 bits per heavy atom. The largest absolute Gasteiger partial charge is 0.349 e. The second kappa shape index (κ2) is 8.90. The maximum atomic E-state index is 12.7. The van der Waals surface area contributed by atoms with Gasteiger partial charge >= 0.3 is 0 Å². The molecule has 0 saturated heterocycles. The molecule has 4 aromatic rings. The van der Waals surface area contributed by atoms with Gasteiger partial charge in [0.2, 0.25) is 0 Å². The highest BCUT2D eigenvalue weighted by atomic mass is 32.1. The van der Waals surface area contributed by atoms with Crippen LogP contribution in [0, 0.1) is 0 Å². The van der Waals surface area contributed by atoms with E-state index in [1.807, 2.05) is 23.7 Å². The van der Waals surface area contributed by atoms with Crippen molar-refractivity contribution in [2.45, 2.75) is 38.3 Å². The van der Waals surface area contributed by atoms with Crippen LogP contribution in [0.2, 0.25) is 0 Å². The van der Waals surface area contributed by atoms with Gasteiger partial charge in [-0.25, -0.2) is 4.99 Å². The van der Waals surface area contributed by atoms with E-state index >= 15 is 0 Å². The van der Waals surface area contributed by atoms with Gasteiger partial charge in [0.05, 0.1) is 5.56 Å². The number of rotatable bonds is 6. The Morgan fingerprint density at radius 2 is 1.84 bits per heavy atom. The van der Waals surface area contributed by atoms with Gasteiger partial charge in [-0.3, -0.25) is 4.79 Å². The molecule has 0 aliphatic heterocycles. The number of amides is 1. The third-order valence-corrected chi connectivity index (χ3v) is 6.74. The van der Waals surface area contributed by atoms with E-state index in [2.05, 4.69) is 64.6 Å². The molecule has 1 N–H and O–H groups in total. The number of carbonyl (C=O) groups excluding carboxylic acids is 1. The number of aliphatic imine (C=N–C) groups is 1. The minimum absolute atomic E-state index is 0.00759. The normalized spacial score (nSPS) is 14.6. The van der Waals surface area contributed by atoms with Gasteiger partial charge in [0.1, 0.15) is 5.00 Å². The highest BCUT2D eigenvalue weighted by molar-refractivity contribution is 7.14. The molecule has 4 nitrogen and oxygen atoms in total. The van der Waals surface area contributed by atoms with Crippen molar-refractivity contribution in [3.63, 3.8) is 0 Å². The minimum atomic E-state index is -0.00759. The third kappa shape index (κ3) is 4.32. The topological polar surface area (TPSA) is 46.4 Å². The van der Waals surface area contributed by atoms with E-state index < -0.39 is 0 Å². The van der Waals surface area contributed by atoms with Crippen molar-refractivity contribution in [3.05, 3.63) is 88.9 Å². The van der Waals surface area contributed by atoms with Gasteiger partial charge in [-0.2, -0.15) is 0 Å². The van der Waals surface area contributed by atoms with Crippen molar-refractivity contribution >= 4 is 39.4 Å². The van der Waals surface area contributed by atoms with Crippen molar-refractivity contribution in [2.75, 3.05) is 0 Å². The molecule has 2 aromatic carbocycles. The van der Waals surface area contributed by atoms with E-state index in [0.29, 0.717) is 11.6 Å². The Labute approximate surface area is 186 Å².